The van der Waals surface area contributed by atoms with E-state index in [9.17, 15) is 0 Å². The highest BCUT2D eigenvalue weighted by molar-refractivity contribution is 7.95. The molecule has 0 aliphatic heterocycles. The van der Waals surface area contributed by atoms with Crippen molar-refractivity contribution in [2.24, 2.45) is 0 Å². The summed E-state index contributed by atoms with van der Waals surface area (Å²) in [6, 6.07) is 0. The molecule has 0 radical (unpaired) electrons. The number of halogens is 1. The van der Waals surface area contributed by atoms with E-state index < -0.39 is 0 Å². The summed E-state index contributed by atoms with van der Waals surface area (Å²) in [4.78, 5) is 0. The Morgan fingerprint density at radius 2 is 1.78 bits per heavy atom. The van der Waals surface area contributed by atoms with Crippen LogP contribution in [0.1, 0.15) is 12.8 Å². The van der Waals surface area contributed by atoms with E-state index in [1.165, 1.54) is 12.2 Å². The molecule has 0 fully saturated rings. The number of aliphatic hydroxyl groups excluding tert-OH is 1. The Kier molecular flexibility index (Phi) is 12.2. The Hall–Kier alpha value is 0.790. The van der Waals surface area contributed by atoms with E-state index in [0.29, 0.717) is 17.5 Å². The van der Waals surface area contributed by atoms with Gasteiger partial charge < -0.3 is 22.1 Å². The summed E-state index contributed by atoms with van der Waals surface area (Å²) >= 11 is 0. The molecule has 1 N–H and O–H groups in total. The second-order valence-corrected chi connectivity index (χ2v) is 4.50. The van der Waals surface area contributed by atoms with Crippen molar-refractivity contribution in [3.8, 4) is 0 Å². The topological polar surface area (TPSA) is 20.2 Å². The van der Waals surface area contributed by atoms with Gasteiger partial charge in [0.2, 0.25) is 0 Å². The average Bonchev–Trinajstić information content (AvgIpc) is 1.66. The monoisotopic (exact) mass is 214 g/mol. The minimum absolute atomic E-state index is 0. The predicted molar refractivity (Wildman–Crippen MR) is 40.4 cm³/mol. The molecule has 58 valence electrons. The number of hydrogen-bond donors (Lipinski definition) is 1. The van der Waals surface area contributed by atoms with E-state index in [0.717, 1.165) is 6.42 Å². The molecule has 0 amide bonds. The maximum absolute atomic E-state index is 8.38. The molecule has 0 aliphatic rings. The summed E-state index contributed by atoms with van der Waals surface area (Å²) in [6.45, 7) is 0.358. The number of aliphatic hydroxyl groups is 1. The fourth-order valence-corrected chi connectivity index (χ4v) is 1.28. The van der Waals surface area contributed by atoms with Crippen molar-refractivity contribution in [3.63, 3.8) is 0 Å². The second-order valence-electron chi connectivity index (χ2n) is 2.12. The molecule has 0 saturated carbocycles. The Morgan fingerprint density at radius 1 is 1.22 bits per heavy atom. The van der Waals surface area contributed by atoms with Gasteiger partial charge in [-0.15, -0.1) is 0 Å². The standard InChI is InChI=1S/C6H15OS.BrH/c1-8(2)6-4-3-5-7;/h7H,3-6H2,1-2H3;1H/q+1;/p-1. The maximum Gasteiger partial charge on any atom is 0.107 e. The Labute approximate surface area is 71.0 Å². The fourth-order valence-electron chi connectivity index (χ4n) is 0.503. The third-order valence-corrected chi connectivity index (χ3v) is 2.07. The lowest BCUT2D eigenvalue weighted by molar-refractivity contribution is -0.00000303. The number of unbranched alkanes of at least 4 members (excludes halogenated alkanes) is 1. The zero-order chi connectivity index (χ0) is 6.41. The molecule has 0 aromatic rings. The lowest BCUT2D eigenvalue weighted by Gasteiger charge is -1.93. The molecule has 1 nitrogen and oxygen atoms in total. The van der Waals surface area contributed by atoms with Crippen molar-refractivity contribution in [2.45, 2.75) is 12.8 Å². The molecule has 0 bridgehead atoms. The Balaban J connectivity index is 0. The van der Waals surface area contributed by atoms with Gasteiger partial charge in [0.1, 0.15) is 5.75 Å². The molecule has 0 unspecified atom stereocenters. The van der Waals surface area contributed by atoms with Crippen molar-refractivity contribution < 1.29 is 22.1 Å². The van der Waals surface area contributed by atoms with Gasteiger partial charge in [0.05, 0.1) is 12.5 Å². The van der Waals surface area contributed by atoms with Gasteiger partial charge in [-0.1, -0.05) is 0 Å². The average molecular weight is 215 g/mol. The number of hydrogen-bond acceptors (Lipinski definition) is 1. The van der Waals surface area contributed by atoms with Crippen LogP contribution in [-0.2, 0) is 10.9 Å². The first-order chi connectivity index (χ1) is 3.77. The summed E-state index contributed by atoms with van der Waals surface area (Å²) in [5.74, 6) is 1.28. The molecule has 0 aromatic heterocycles. The normalized spacial score (nSPS) is 9.33. The van der Waals surface area contributed by atoms with Gasteiger partial charge in [0.25, 0.3) is 0 Å². The molecule has 0 aliphatic carbocycles. The van der Waals surface area contributed by atoms with Crippen LogP contribution in [0.2, 0.25) is 0 Å². The van der Waals surface area contributed by atoms with E-state index >= 15 is 0 Å². The van der Waals surface area contributed by atoms with E-state index in [2.05, 4.69) is 12.5 Å². The number of rotatable bonds is 4. The van der Waals surface area contributed by atoms with Crippen molar-refractivity contribution in [2.75, 3.05) is 24.9 Å². The van der Waals surface area contributed by atoms with Gasteiger partial charge in [0, 0.05) is 6.61 Å². The van der Waals surface area contributed by atoms with Crippen LogP contribution in [-0.4, -0.2) is 30.0 Å². The van der Waals surface area contributed by atoms with Crippen LogP contribution < -0.4 is 17.0 Å². The van der Waals surface area contributed by atoms with E-state index in [1.807, 2.05) is 0 Å². The third kappa shape index (κ3) is 12.1. The summed E-state index contributed by atoms with van der Waals surface area (Å²) in [7, 11) is 0.572. The maximum atomic E-state index is 8.38. The summed E-state index contributed by atoms with van der Waals surface area (Å²) < 4.78 is 0. The summed E-state index contributed by atoms with van der Waals surface area (Å²) in [6.07, 6.45) is 6.63. The van der Waals surface area contributed by atoms with Crippen molar-refractivity contribution in [3.05, 3.63) is 0 Å². The van der Waals surface area contributed by atoms with Crippen LogP contribution in [0.25, 0.3) is 0 Å². The van der Waals surface area contributed by atoms with Gasteiger partial charge in [-0.3, -0.25) is 0 Å². The third-order valence-electron chi connectivity index (χ3n) is 0.961. The smallest absolute Gasteiger partial charge is 0.107 e. The highest BCUT2D eigenvalue weighted by Gasteiger charge is 1.98. The first-order valence-electron chi connectivity index (χ1n) is 2.92. The molecular formula is C6H15BrOS. The quantitative estimate of drug-likeness (QED) is 0.411. The molecule has 0 spiro atoms. The van der Waals surface area contributed by atoms with Crippen LogP contribution in [0, 0.1) is 0 Å². The minimum atomic E-state index is 0. The molecule has 0 atom stereocenters. The lowest BCUT2D eigenvalue weighted by Crippen LogP contribution is -3.00. The van der Waals surface area contributed by atoms with Gasteiger partial charge in [-0.2, -0.15) is 0 Å². The first-order valence-corrected chi connectivity index (χ1v) is 5.13. The van der Waals surface area contributed by atoms with Crippen molar-refractivity contribution >= 4 is 10.9 Å². The molecule has 0 saturated heterocycles. The summed E-state index contributed by atoms with van der Waals surface area (Å²) in [5.41, 5.74) is 0. The van der Waals surface area contributed by atoms with Crippen LogP contribution in [0.4, 0.5) is 0 Å². The summed E-state index contributed by atoms with van der Waals surface area (Å²) in [5, 5.41) is 8.38. The highest BCUT2D eigenvalue weighted by atomic mass is 79.9. The largest absolute Gasteiger partial charge is 1.00 e. The first kappa shape index (κ1) is 12.5. The predicted octanol–water partition coefficient (Wildman–Crippen LogP) is -2.36. The Morgan fingerprint density at radius 3 is 2.11 bits per heavy atom. The molecule has 0 aromatic carbocycles. The molecular weight excluding hydrogens is 200 g/mol. The van der Waals surface area contributed by atoms with E-state index in [4.69, 9.17) is 5.11 Å². The van der Waals surface area contributed by atoms with E-state index in [-0.39, 0.29) is 17.0 Å². The van der Waals surface area contributed by atoms with Crippen LogP contribution in [0.15, 0.2) is 0 Å². The molecule has 3 heteroatoms. The van der Waals surface area contributed by atoms with Crippen molar-refractivity contribution in [1.82, 2.24) is 0 Å². The highest BCUT2D eigenvalue weighted by Crippen LogP contribution is 1.92. The van der Waals surface area contributed by atoms with Gasteiger partial charge >= 0.3 is 0 Å². The second kappa shape index (κ2) is 8.79. The van der Waals surface area contributed by atoms with Gasteiger partial charge in [0.15, 0.2) is 0 Å². The van der Waals surface area contributed by atoms with Gasteiger partial charge in [-0.25, -0.2) is 0 Å². The zero-order valence-electron chi connectivity index (χ0n) is 6.06. The lowest BCUT2D eigenvalue weighted by atomic mass is 10.4. The molecule has 9 heavy (non-hydrogen) atoms. The fraction of sp³-hybridized carbons (Fsp3) is 1.00. The van der Waals surface area contributed by atoms with Crippen LogP contribution in [0.5, 0.6) is 0 Å². The molecule has 0 rings (SSSR count). The zero-order valence-corrected chi connectivity index (χ0v) is 8.46. The Bertz CT molecular complexity index is 50.3. The van der Waals surface area contributed by atoms with Crippen LogP contribution in [0.3, 0.4) is 0 Å². The SMILES string of the molecule is C[S+](C)CCCCO.[Br-]. The van der Waals surface area contributed by atoms with Gasteiger partial charge in [-0.05, 0) is 23.7 Å². The van der Waals surface area contributed by atoms with E-state index in [1.54, 1.807) is 0 Å². The van der Waals surface area contributed by atoms with Crippen LogP contribution >= 0.6 is 0 Å². The minimum Gasteiger partial charge on any atom is -1.00 e. The van der Waals surface area contributed by atoms with Crippen molar-refractivity contribution in [1.29, 1.82) is 0 Å². The molecule has 0 heterocycles.